The third kappa shape index (κ3) is 33.9. The Morgan fingerprint density at radius 1 is 0.680 bits per heavy atom. The number of nitrogens with two attached hydrogens (primary N) is 1. The van der Waals surface area contributed by atoms with Crippen molar-refractivity contribution >= 4 is 13.7 Å². The number of phosphoric ester groups is 1. The third-order valence-electron chi connectivity index (χ3n) is 7.42. The van der Waals surface area contributed by atoms with Gasteiger partial charge in [-0.1, -0.05) is 143 Å². The summed E-state index contributed by atoms with van der Waals surface area (Å²) in [5, 5.41) is 13.5. The van der Waals surface area contributed by atoms with Gasteiger partial charge in [0.05, 0.1) is 25.4 Å². The van der Waals surface area contributed by atoms with E-state index in [0.29, 0.717) is 6.42 Å². The Hall–Kier alpha value is -2.58. The Morgan fingerprint density at radius 3 is 1.68 bits per heavy atom. The molecule has 0 saturated carbocycles. The quantitative estimate of drug-likeness (QED) is 0.0302. The van der Waals surface area contributed by atoms with Crippen LogP contribution in [0.15, 0.2) is 97.2 Å². The second-order valence-corrected chi connectivity index (χ2v) is 13.5. The Balaban J connectivity index is 4.34. The third-order valence-corrected chi connectivity index (χ3v) is 8.40. The number of phosphoric acid groups is 1. The number of hydrogen-bond donors (Lipinski definition) is 4. The zero-order valence-corrected chi connectivity index (χ0v) is 32.0. The average Bonchev–Trinajstić information content (AvgIpc) is 3.10. The standard InChI is InChI=1S/C41H69N2O6P/c1-3-5-7-9-11-13-14-15-16-17-18-19-20-21-22-23-24-25-26-27-29-31-33-35-41(45)43-39(38-49-50(46,47)48-37-36-42)40(44)34-32-30-28-12-10-8-6-4-2/h5,7,11,13,15-16,18-19,21-22,24-25,27,29,32,34,39-40,44H,3-4,6,8-10,12,14,17,20,23,26,28,30-31,33,35-38,42H2,1-2H3,(H,43,45)(H,46,47)/b7-5-,13-11-,16-15-,19-18-,22-21-,25-24-,29-27-,34-32+. The van der Waals surface area contributed by atoms with E-state index in [2.05, 4.69) is 104 Å². The normalized spacial score (nSPS) is 15.4. The SMILES string of the molecule is CC/C=C\C/C=C\C/C=C\C/C=C\C/C=C\C/C=C\C/C=C\CCCC(=O)NC(COP(=O)(O)OCCN)C(O)/C=C/CCCCCCCC. The van der Waals surface area contributed by atoms with Crippen molar-refractivity contribution in [3.63, 3.8) is 0 Å². The highest BCUT2D eigenvalue weighted by Gasteiger charge is 2.26. The molecular formula is C41H69N2O6P. The summed E-state index contributed by atoms with van der Waals surface area (Å²) in [5.74, 6) is -0.261. The minimum Gasteiger partial charge on any atom is -0.387 e. The van der Waals surface area contributed by atoms with Crippen LogP contribution in [0.1, 0.15) is 123 Å². The van der Waals surface area contributed by atoms with Crippen LogP contribution < -0.4 is 11.1 Å². The minimum atomic E-state index is -4.35. The summed E-state index contributed by atoms with van der Waals surface area (Å²) in [4.78, 5) is 22.5. The van der Waals surface area contributed by atoms with Crippen LogP contribution in [0.5, 0.6) is 0 Å². The minimum absolute atomic E-state index is 0.0632. The first-order chi connectivity index (χ1) is 24.4. The first kappa shape index (κ1) is 47.4. The van der Waals surface area contributed by atoms with Crippen LogP contribution in [0, 0.1) is 0 Å². The molecule has 0 spiro atoms. The van der Waals surface area contributed by atoms with Crippen LogP contribution in [-0.4, -0.2) is 47.8 Å². The number of unbranched alkanes of at least 4 members (excludes halogenated alkanes) is 7. The van der Waals surface area contributed by atoms with Crippen molar-refractivity contribution in [2.24, 2.45) is 5.73 Å². The summed E-state index contributed by atoms with van der Waals surface area (Å²) in [5.41, 5.74) is 5.34. The first-order valence-corrected chi connectivity index (χ1v) is 20.4. The molecule has 0 aromatic heterocycles. The lowest BCUT2D eigenvalue weighted by Crippen LogP contribution is -2.45. The summed E-state index contributed by atoms with van der Waals surface area (Å²) in [6.07, 6.45) is 49.0. The van der Waals surface area contributed by atoms with Crippen LogP contribution in [0.4, 0.5) is 0 Å². The number of carbonyl (C=O) groups is 1. The van der Waals surface area contributed by atoms with E-state index in [1.807, 2.05) is 6.08 Å². The number of hydrogen-bond acceptors (Lipinski definition) is 6. The van der Waals surface area contributed by atoms with Crippen LogP contribution in [0.2, 0.25) is 0 Å². The smallest absolute Gasteiger partial charge is 0.387 e. The summed E-state index contributed by atoms with van der Waals surface area (Å²) in [6.45, 7) is 3.88. The molecule has 0 aliphatic rings. The van der Waals surface area contributed by atoms with E-state index >= 15 is 0 Å². The second kappa shape index (κ2) is 36.2. The molecule has 0 fully saturated rings. The van der Waals surface area contributed by atoms with Crippen LogP contribution >= 0.6 is 7.82 Å². The van der Waals surface area contributed by atoms with Crippen LogP contribution in [0.3, 0.4) is 0 Å². The fraction of sp³-hybridized carbons (Fsp3) is 0.585. The van der Waals surface area contributed by atoms with Gasteiger partial charge < -0.3 is 21.1 Å². The lowest BCUT2D eigenvalue weighted by atomic mass is 10.1. The monoisotopic (exact) mass is 716 g/mol. The van der Waals surface area contributed by atoms with Gasteiger partial charge >= 0.3 is 7.82 Å². The molecule has 0 aliphatic heterocycles. The van der Waals surface area contributed by atoms with Crippen molar-refractivity contribution in [2.75, 3.05) is 19.8 Å². The molecule has 50 heavy (non-hydrogen) atoms. The van der Waals surface area contributed by atoms with E-state index < -0.39 is 20.0 Å². The molecule has 0 radical (unpaired) electrons. The summed E-state index contributed by atoms with van der Waals surface area (Å²) in [6, 6.07) is -0.895. The molecule has 0 aromatic carbocycles. The van der Waals surface area contributed by atoms with Crippen molar-refractivity contribution in [2.45, 2.75) is 135 Å². The van der Waals surface area contributed by atoms with E-state index in [0.717, 1.165) is 70.6 Å². The maximum Gasteiger partial charge on any atom is 0.472 e. The van der Waals surface area contributed by atoms with Gasteiger partial charge in [0, 0.05) is 13.0 Å². The molecular weight excluding hydrogens is 647 g/mol. The molecule has 3 atom stereocenters. The zero-order valence-electron chi connectivity index (χ0n) is 31.1. The van der Waals surface area contributed by atoms with Gasteiger partial charge in [-0.05, 0) is 70.6 Å². The van der Waals surface area contributed by atoms with Crippen molar-refractivity contribution in [1.29, 1.82) is 0 Å². The largest absolute Gasteiger partial charge is 0.472 e. The molecule has 9 heteroatoms. The Morgan fingerprint density at radius 2 is 1.16 bits per heavy atom. The summed E-state index contributed by atoms with van der Waals surface area (Å²) >= 11 is 0. The maximum absolute atomic E-state index is 12.6. The Bertz CT molecular complexity index is 1090. The molecule has 0 aromatic rings. The molecule has 1 amide bonds. The van der Waals surface area contributed by atoms with Crippen LogP contribution in [0.25, 0.3) is 0 Å². The van der Waals surface area contributed by atoms with E-state index in [9.17, 15) is 19.4 Å². The number of nitrogens with one attached hydrogen (secondary N) is 1. The van der Waals surface area contributed by atoms with Gasteiger partial charge in [-0.3, -0.25) is 13.8 Å². The number of carbonyl (C=O) groups excluding carboxylic acids is 1. The average molecular weight is 717 g/mol. The molecule has 284 valence electrons. The van der Waals surface area contributed by atoms with Gasteiger partial charge in [0.25, 0.3) is 0 Å². The summed E-state index contributed by atoms with van der Waals surface area (Å²) < 4.78 is 21.9. The highest BCUT2D eigenvalue weighted by Crippen LogP contribution is 2.43. The van der Waals surface area contributed by atoms with Crippen molar-refractivity contribution < 1.29 is 28.4 Å². The topological polar surface area (TPSA) is 131 Å². The molecule has 0 bridgehead atoms. The predicted octanol–water partition coefficient (Wildman–Crippen LogP) is 10.0. The van der Waals surface area contributed by atoms with E-state index in [1.165, 1.54) is 25.7 Å². The van der Waals surface area contributed by atoms with E-state index in [1.54, 1.807) is 6.08 Å². The molecule has 5 N–H and O–H groups in total. The van der Waals surface area contributed by atoms with Gasteiger partial charge in [0.2, 0.25) is 5.91 Å². The van der Waals surface area contributed by atoms with Crippen LogP contribution in [-0.2, 0) is 18.4 Å². The fourth-order valence-corrected chi connectivity index (χ4v) is 5.35. The van der Waals surface area contributed by atoms with Gasteiger partial charge in [0.1, 0.15) is 0 Å². The lowest BCUT2D eigenvalue weighted by Gasteiger charge is -2.23. The Labute approximate surface area is 304 Å². The molecule has 0 aliphatic carbocycles. The first-order valence-electron chi connectivity index (χ1n) is 18.9. The number of rotatable bonds is 33. The number of allylic oxidation sites excluding steroid dienone is 15. The Kier molecular flexibility index (Phi) is 34.4. The van der Waals surface area contributed by atoms with Gasteiger partial charge in [0.15, 0.2) is 0 Å². The fourth-order valence-electron chi connectivity index (χ4n) is 4.59. The van der Waals surface area contributed by atoms with Gasteiger partial charge in [-0.25, -0.2) is 4.57 Å². The van der Waals surface area contributed by atoms with Crippen molar-refractivity contribution in [3.05, 3.63) is 97.2 Å². The molecule has 0 saturated heterocycles. The highest BCUT2D eigenvalue weighted by atomic mass is 31.2. The van der Waals surface area contributed by atoms with E-state index in [4.69, 9.17) is 14.8 Å². The van der Waals surface area contributed by atoms with Crippen molar-refractivity contribution in [3.8, 4) is 0 Å². The second-order valence-electron chi connectivity index (χ2n) is 12.0. The zero-order chi connectivity index (χ0) is 36.8. The number of aliphatic hydroxyl groups is 1. The van der Waals surface area contributed by atoms with E-state index in [-0.39, 0.29) is 32.1 Å². The highest BCUT2D eigenvalue weighted by molar-refractivity contribution is 7.47. The lowest BCUT2D eigenvalue weighted by molar-refractivity contribution is -0.122. The summed E-state index contributed by atoms with van der Waals surface area (Å²) in [7, 11) is -4.35. The number of aliphatic hydroxyl groups excluding tert-OH is 1. The molecule has 3 unspecified atom stereocenters. The number of amides is 1. The van der Waals surface area contributed by atoms with Gasteiger partial charge in [-0.15, -0.1) is 0 Å². The molecule has 8 nitrogen and oxygen atoms in total. The molecule has 0 heterocycles. The predicted molar refractivity (Wildman–Crippen MR) is 212 cm³/mol. The van der Waals surface area contributed by atoms with Crippen molar-refractivity contribution in [1.82, 2.24) is 5.32 Å². The maximum atomic E-state index is 12.6. The molecule has 0 rings (SSSR count). The van der Waals surface area contributed by atoms with Gasteiger partial charge in [-0.2, -0.15) is 0 Å².